The number of benzene rings is 1. The van der Waals surface area contributed by atoms with Crippen molar-refractivity contribution in [1.29, 1.82) is 0 Å². The van der Waals surface area contributed by atoms with E-state index in [1.807, 2.05) is 31.7 Å². The lowest BCUT2D eigenvalue weighted by molar-refractivity contribution is 0.0225. The summed E-state index contributed by atoms with van der Waals surface area (Å²) in [6.07, 6.45) is 3.45. The van der Waals surface area contributed by atoms with Crippen LogP contribution < -0.4 is 10.2 Å². The minimum absolute atomic E-state index is 0.0197. The lowest BCUT2D eigenvalue weighted by atomic mass is 10.2. The van der Waals surface area contributed by atoms with Crippen molar-refractivity contribution in [2.45, 2.75) is 32.8 Å². The van der Waals surface area contributed by atoms with Crippen LogP contribution in [0.2, 0.25) is 5.02 Å². The van der Waals surface area contributed by atoms with E-state index in [1.165, 1.54) is 12.4 Å². The van der Waals surface area contributed by atoms with Crippen LogP contribution in [-0.4, -0.2) is 51.3 Å². The van der Waals surface area contributed by atoms with Crippen LogP contribution in [0.3, 0.4) is 0 Å². The van der Waals surface area contributed by atoms with Crippen molar-refractivity contribution in [3.05, 3.63) is 47.6 Å². The lowest BCUT2D eigenvalue weighted by Gasteiger charge is -2.37. The zero-order chi connectivity index (χ0) is 22.9. The maximum atomic E-state index is 14.4. The molecule has 1 saturated heterocycles. The first-order valence-corrected chi connectivity index (χ1v) is 10.6. The third kappa shape index (κ3) is 4.83. The summed E-state index contributed by atoms with van der Waals surface area (Å²) >= 11 is 5.90. The Morgan fingerprint density at radius 3 is 2.81 bits per heavy atom. The Morgan fingerprint density at radius 1 is 1.22 bits per heavy atom. The van der Waals surface area contributed by atoms with E-state index in [2.05, 4.69) is 20.3 Å². The monoisotopic (exact) mass is 458 g/mol. The molecular formula is C22H24ClFN6O2. The molecule has 1 amide bonds. The van der Waals surface area contributed by atoms with E-state index in [1.54, 1.807) is 23.2 Å². The summed E-state index contributed by atoms with van der Waals surface area (Å²) in [6.45, 7) is 7.23. The van der Waals surface area contributed by atoms with Gasteiger partial charge in [0.15, 0.2) is 5.82 Å². The number of fused-ring (bicyclic) bond motifs is 1. The number of aromatic nitrogens is 3. The number of rotatable bonds is 3. The molecule has 2 aromatic heterocycles. The van der Waals surface area contributed by atoms with Gasteiger partial charge in [-0.15, -0.1) is 0 Å². The second kappa shape index (κ2) is 8.74. The SMILES string of the molecule is CC(C)(C)OC(=O)N1CCCN(c2cc3c(Nc4cccc(Cl)c4F)ncnc3cn2)C1. The van der Waals surface area contributed by atoms with Gasteiger partial charge in [0, 0.05) is 18.5 Å². The molecule has 0 aliphatic carbocycles. The van der Waals surface area contributed by atoms with E-state index in [-0.39, 0.29) is 16.8 Å². The van der Waals surface area contributed by atoms with Crippen molar-refractivity contribution >= 4 is 45.9 Å². The topological polar surface area (TPSA) is 83.5 Å². The Balaban J connectivity index is 1.61. The molecule has 32 heavy (non-hydrogen) atoms. The van der Waals surface area contributed by atoms with Gasteiger partial charge in [-0.3, -0.25) is 4.90 Å². The molecule has 0 unspecified atom stereocenters. The average Bonchev–Trinajstić information content (AvgIpc) is 2.76. The van der Waals surface area contributed by atoms with Crippen molar-refractivity contribution in [3.63, 3.8) is 0 Å². The first-order valence-electron chi connectivity index (χ1n) is 10.3. The number of nitrogens with zero attached hydrogens (tertiary/aromatic N) is 5. The number of halogens is 2. The van der Waals surface area contributed by atoms with Gasteiger partial charge in [-0.2, -0.15) is 0 Å². The number of carbonyl (C=O) groups is 1. The number of ether oxygens (including phenoxy) is 1. The summed E-state index contributed by atoms with van der Waals surface area (Å²) in [5, 5.41) is 3.69. The van der Waals surface area contributed by atoms with Crippen LogP contribution in [0.5, 0.6) is 0 Å². The Morgan fingerprint density at radius 2 is 2.03 bits per heavy atom. The van der Waals surface area contributed by atoms with Crippen molar-refractivity contribution in [2.24, 2.45) is 0 Å². The van der Waals surface area contributed by atoms with Gasteiger partial charge >= 0.3 is 6.09 Å². The molecule has 1 fully saturated rings. The molecule has 8 nitrogen and oxygen atoms in total. The van der Waals surface area contributed by atoms with Crippen LogP contribution >= 0.6 is 11.6 Å². The van der Waals surface area contributed by atoms with E-state index >= 15 is 0 Å². The highest BCUT2D eigenvalue weighted by Gasteiger charge is 2.27. The normalized spacial score (nSPS) is 14.5. The highest BCUT2D eigenvalue weighted by atomic mass is 35.5. The van der Waals surface area contributed by atoms with Gasteiger partial charge in [0.1, 0.15) is 23.6 Å². The molecule has 1 aliphatic heterocycles. The van der Waals surface area contributed by atoms with Crippen molar-refractivity contribution in [3.8, 4) is 0 Å². The summed E-state index contributed by atoms with van der Waals surface area (Å²) in [5.74, 6) is 0.537. The number of anilines is 3. The van der Waals surface area contributed by atoms with Gasteiger partial charge in [-0.05, 0) is 45.4 Å². The minimum Gasteiger partial charge on any atom is -0.444 e. The number of amides is 1. The van der Waals surface area contributed by atoms with Gasteiger partial charge < -0.3 is 15.0 Å². The average molecular weight is 459 g/mol. The molecule has 1 aromatic carbocycles. The van der Waals surface area contributed by atoms with Crippen LogP contribution in [0.4, 0.5) is 26.5 Å². The van der Waals surface area contributed by atoms with Crippen molar-refractivity contribution < 1.29 is 13.9 Å². The number of hydrogen-bond acceptors (Lipinski definition) is 7. The fourth-order valence-corrected chi connectivity index (χ4v) is 3.59. The van der Waals surface area contributed by atoms with E-state index < -0.39 is 11.4 Å². The highest BCUT2D eigenvalue weighted by molar-refractivity contribution is 6.31. The molecule has 4 rings (SSSR count). The number of pyridine rings is 1. The second-order valence-electron chi connectivity index (χ2n) is 8.51. The first kappa shape index (κ1) is 22.0. The first-order chi connectivity index (χ1) is 15.2. The van der Waals surface area contributed by atoms with Gasteiger partial charge in [0.05, 0.1) is 29.1 Å². The van der Waals surface area contributed by atoms with Gasteiger partial charge in [0.2, 0.25) is 0 Å². The molecule has 3 heterocycles. The van der Waals surface area contributed by atoms with Crippen LogP contribution in [0.15, 0.2) is 36.8 Å². The molecule has 0 atom stereocenters. The van der Waals surface area contributed by atoms with Crippen LogP contribution in [-0.2, 0) is 4.74 Å². The molecule has 0 bridgehead atoms. The molecule has 3 aromatic rings. The van der Waals surface area contributed by atoms with E-state index in [0.29, 0.717) is 35.8 Å². The van der Waals surface area contributed by atoms with Crippen LogP contribution in [0, 0.1) is 5.82 Å². The fourth-order valence-electron chi connectivity index (χ4n) is 3.41. The largest absolute Gasteiger partial charge is 0.444 e. The quantitative estimate of drug-likeness (QED) is 0.593. The highest BCUT2D eigenvalue weighted by Crippen LogP contribution is 2.29. The zero-order valence-electron chi connectivity index (χ0n) is 18.1. The maximum Gasteiger partial charge on any atom is 0.411 e. The molecular weight excluding hydrogens is 435 g/mol. The smallest absolute Gasteiger partial charge is 0.411 e. The summed E-state index contributed by atoms with van der Waals surface area (Å²) < 4.78 is 19.9. The fraction of sp³-hybridized carbons (Fsp3) is 0.364. The van der Waals surface area contributed by atoms with Crippen LogP contribution in [0.25, 0.3) is 10.9 Å². The molecule has 1 N–H and O–H groups in total. The number of nitrogens with one attached hydrogen (secondary N) is 1. The molecule has 168 valence electrons. The van der Waals surface area contributed by atoms with Gasteiger partial charge in [-0.1, -0.05) is 17.7 Å². The third-order valence-corrected chi connectivity index (χ3v) is 5.18. The minimum atomic E-state index is -0.561. The summed E-state index contributed by atoms with van der Waals surface area (Å²) in [4.78, 5) is 29.2. The van der Waals surface area contributed by atoms with Gasteiger partial charge in [0.25, 0.3) is 0 Å². The third-order valence-electron chi connectivity index (χ3n) is 4.89. The number of carbonyl (C=O) groups excluding carboxylic acids is 1. The Labute approximate surface area is 190 Å². The predicted octanol–water partition coefficient (Wildman–Crippen LogP) is 4.97. The molecule has 10 heteroatoms. The zero-order valence-corrected chi connectivity index (χ0v) is 18.9. The Kier molecular flexibility index (Phi) is 6.01. The predicted molar refractivity (Wildman–Crippen MR) is 122 cm³/mol. The van der Waals surface area contributed by atoms with Crippen LogP contribution in [0.1, 0.15) is 27.2 Å². The Bertz CT molecular complexity index is 1150. The van der Waals surface area contributed by atoms with Gasteiger partial charge in [-0.25, -0.2) is 24.1 Å². The molecule has 0 saturated carbocycles. The Hall–Kier alpha value is -3.20. The van der Waals surface area contributed by atoms with Crippen molar-refractivity contribution in [2.75, 3.05) is 30.0 Å². The van der Waals surface area contributed by atoms with E-state index in [9.17, 15) is 9.18 Å². The summed E-state index contributed by atoms with van der Waals surface area (Å²) in [5.41, 5.74) is 0.258. The molecule has 0 spiro atoms. The standard InChI is InChI=1S/C22H24ClFN6O2/c1-22(2,3)32-21(31)30-9-5-8-29(13-30)18-10-14-17(11-25-18)26-12-27-20(14)28-16-7-4-6-15(23)19(16)24/h4,6-7,10-12H,5,8-9,13H2,1-3H3,(H,26,27,28). The maximum absolute atomic E-state index is 14.4. The molecule has 0 radical (unpaired) electrons. The molecule has 1 aliphatic rings. The van der Waals surface area contributed by atoms with Crippen molar-refractivity contribution in [1.82, 2.24) is 19.9 Å². The lowest BCUT2D eigenvalue weighted by Crippen LogP contribution is -2.49. The van der Waals surface area contributed by atoms with E-state index in [4.69, 9.17) is 16.3 Å². The summed E-state index contributed by atoms with van der Waals surface area (Å²) in [6, 6.07) is 6.55. The number of hydrogen-bond donors (Lipinski definition) is 1. The second-order valence-corrected chi connectivity index (χ2v) is 8.92. The summed E-state index contributed by atoms with van der Waals surface area (Å²) in [7, 11) is 0. The van der Waals surface area contributed by atoms with E-state index in [0.717, 1.165) is 13.0 Å².